The fourth-order valence-corrected chi connectivity index (χ4v) is 1.07. The highest BCUT2D eigenvalue weighted by molar-refractivity contribution is 5.34. The van der Waals surface area contributed by atoms with E-state index in [4.69, 9.17) is 10.5 Å². The maximum Gasteiger partial charge on any atom is 0.124 e. The van der Waals surface area contributed by atoms with Gasteiger partial charge in [0.25, 0.3) is 0 Å². The van der Waals surface area contributed by atoms with Crippen LogP contribution in [0.4, 0.5) is 0 Å². The lowest BCUT2D eigenvalue weighted by Crippen LogP contribution is -2.12. The van der Waals surface area contributed by atoms with Crippen LogP contribution < -0.4 is 10.5 Å². The molecule has 0 fully saturated rings. The third-order valence-electron chi connectivity index (χ3n) is 1.72. The average molecular weight is 167 g/mol. The van der Waals surface area contributed by atoms with Crippen LogP contribution in [0.15, 0.2) is 24.3 Å². The lowest BCUT2D eigenvalue weighted by atomic mass is 10.1. The van der Waals surface area contributed by atoms with Crippen molar-refractivity contribution in [3.8, 4) is 5.75 Å². The monoisotopic (exact) mass is 167 g/mol. The Labute approximate surface area is 71.8 Å². The van der Waals surface area contributed by atoms with Crippen molar-refractivity contribution in [2.24, 2.45) is 5.73 Å². The number of hydrogen-bond acceptors (Lipinski definition) is 3. The average Bonchev–Trinajstić information content (AvgIpc) is 2.16. The Morgan fingerprint density at radius 2 is 2.17 bits per heavy atom. The summed E-state index contributed by atoms with van der Waals surface area (Å²) in [6.07, 6.45) is -0.638. The number of hydrogen-bond donors (Lipinski definition) is 2. The van der Waals surface area contributed by atoms with E-state index in [-0.39, 0.29) is 6.54 Å². The SMILES string of the molecule is COc1ccccc1C(O)CN. The maximum atomic E-state index is 9.44. The van der Waals surface area contributed by atoms with E-state index in [2.05, 4.69) is 0 Å². The van der Waals surface area contributed by atoms with Crippen LogP contribution in [0.2, 0.25) is 0 Å². The number of aliphatic hydroxyl groups is 1. The smallest absolute Gasteiger partial charge is 0.124 e. The van der Waals surface area contributed by atoms with Gasteiger partial charge in [0.1, 0.15) is 5.75 Å². The number of nitrogens with two attached hydrogens (primary N) is 1. The molecule has 0 aliphatic rings. The zero-order chi connectivity index (χ0) is 8.97. The first kappa shape index (κ1) is 9.03. The van der Waals surface area contributed by atoms with Crippen molar-refractivity contribution in [3.05, 3.63) is 29.8 Å². The number of rotatable bonds is 3. The molecule has 0 aliphatic carbocycles. The lowest BCUT2D eigenvalue weighted by molar-refractivity contribution is 0.182. The summed E-state index contributed by atoms with van der Waals surface area (Å²) >= 11 is 0. The summed E-state index contributed by atoms with van der Waals surface area (Å²) in [6.45, 7) is 0.209. The topological polar surface area (TPSA) is 55.5 Å². The van der Waals surface area contributed by atoms with Gasteiger partial charge < -0.3 is 15.6 Å². The van der Waals surface area contributed by atoms with Gasteiger partial charge in [0.05, 0.1) is 13.2 Å². The van der Waals surface area contributed by atoms with Crippen molar-refractivity contribution in [2.45, 2.75) is 6.10 Å². The minimum absolute atomic E-state index is 0.209. The van der Waals surface area contributed by atoms with Crippen LogP contribution in [0.3, 0.4) is 0 Å². The van der Waals surface area contributed by atoms with Crippen molar-refractivity contribution in [1.29, 1.82) is 0 Å². The number of ether oxygens (including phenoxy) is 1. The number of para-hydroxylation sites is 1. The van der Waals surface area contributed by atoms with Gasteiger partial charge in [0, 0.05) is 12.1 Å². The fourth-order valence-electron chi connectivity index (χ4n) is 1.07. The fraction of sp³-hybridized carbons (Fsp3) is 0.333. The first-order valence-corrected chi connectivity index (χ1v) is 3.80. The van der Waals surface area contributed by atoms with Crippen molar-refractivity contribution in [1.82, 2.24) is 0 Å². The van der Waals surface area contributed by atoms with E-state index in [1.54, 1.807) is 19.2 Å². The molecule has 3 nitrogen and oxygen atoms in total. The van der Waals surface area contributed by atoms with Gasteiger partial charge in [-0.05, 0) is 6.07 Å². The van der Waals surface area contributed by atoms with Gasteiger partial charge in [-0.1, -0.05) is 18.2 Å². The molecular formula is C9H13NO2. The maximum absolute atomic E-state index is 9.44. The van der Waals surface area contributed by atoms with Crippen LogP contribution in [0.1, 0.15) is 11.7 Å². The van der Waals surface area contributed by atoms with E-state index in [0.717, 1.165) is 5.56 Å². The van der Waals surface area contributed by atoms with Crippen molar-refractivity contribution < 1.29 is 9.84 Å². The molecule has 1 aromatic rings. The van der Waals surface area contributed by atoms with Crippen molar-refractivity contribution in [2.75, 3.05) is 13.7 Å². The second kappa shape index (κ2) is 4.09. The van der Waals surface area contributed by atoms with Crippen LogP contribution in [0, 0.1) is 0 Å². The van der Waals surface area contributed by atoms with Gasteiger partial charge in [0.2, 0.25) is 0 Å². The minimum Gasteiger partial charge on any atom is -0.496 e. The summed E-state index contributed by atoms with van der Waals surface area (Å²) in [5, 5.41) is 9.44. The zero-order valence-corrected chi connectivity index (χ0v) is 7.03. The molecule has 0 spiro atoms. The number of aliphatic hydroxyl groups excluding tert-OH is 1. The molecule has 1 atom stereocenters. The molecule has 0 aromatic heterocycles. The van der Waals surface area contributed by atoms with E-state index in [1.165, 1.54) is 0 Å². The molecular weight excluding hydrogens is 154 g/mol. The Bertz CT molecular complexity index is 250. The molecule has 1 rings (SSSR count). The molecule has 66 valence electrons. The zero-order valence-electron chi connectivity index (χ0n) is 7.03. The molecule has 0 aliphatic heterocycles. The van der Waals surface area contributed by atoms with Crippen LogP contribution in [0.5, 0.6) is 5.75 Å². The molecule has 3 heteroatoms. The van der Waals surface area contributed by atoms with Crippen molar-refractivity contribution in [3.63, 3.8) is 0 Å². The van der Waals surface area contributed by atoms with Crippen LogP contribution >= 0.6 is 0 Å². The Kier molecular flexibility index (Phi) is 3.08. The molecule has 0 heterocycles. The van der Waals surface area contributed by atoms with Crippen molar-refractivity contribution >= 4 is 0 Å². The predicted molar refractivity (Wildman–Crippen MR) is 47.0 cm³/mol. The number of benzene rings is 1. The first-order valence-electron chi connectivity index (χ1n) is 3.80. The molecule has 0 saturated heterocycles. The molecule has 0 radical (unpaired) electrons. The molecule has 0 saturated carbocycles. The molecule has 0 amide bonds. The predicted octanol–water partition coefficient (Wildman–Crippen LogP) is 0.687. The first-order chi connectivity index (χ1) is 5.79. The lowest BCUT2D eigenvalue weighted by Gasteiger charge is -2.11. The van der Waals surface area contributed by atoms with E-state index in [9.17, 15) is 5.11 Å². The Hall–Kier alpha value is -1.06. The van der Waals surface area contributed by atoms with Gasteiger partial charge in [0.15, 0.2) is 0 Å². The summed E-state index contributed by atoms with van der Waals surface area (Å²) in [7, 11) is 1.57. The summed E-state index contributed by atoms with van der Waals surface area (Å²) in [6, 6.07) is 7.30. The summed E-state index contributed by atoms with van der Waals surface area (Å²) in [5.41, 5.74) is 6.06. The van der Waals surface area contributed by atoms with E-state index < -0.39 is 6.10 Å². The van der Waals surface area contributed by atoms with E-state index in [1.807, 2.05) is 12.1 Å². The summed E-state index contributed by atoms with van der Waals surface area (Å²) in [4.78, 5) is 0. The second-order valence-corrected chi connectivity index (χ2v) is 2.49. The molecule has 12 heavy (non-hydrogen) atoms. The molecule has 3 N–H and O–H groups in total. The summed E-state index contributed by atoms with van der Waals surface area (Å²) in [5.74, 6) is 0.676. The van der Waals surface area contributed by atoms with Gasteiger partial charge >= 0.3 is 0 Å². The Morgan fingerprint density at radius 3 is 2.75 bits per heavy atom. The van der Waals surface area contributed by atoms with E-state index in [0.29, 0.717) is 5.75 Å². The largest absolute Gasteiger partial charge is 0.496 e. The van der Waals surface area contributed by atoms with Crippen LogP contribution in [-0.2, 0) is 0 Å². The summed E-state index contributed by atoms with van der Waals surface area (Å²) < 4.78 is 5.05. The minimum atomic E-state index is -0.638. The van der Waals surface area contributed by atoms with Gasteiger partial charge in [-0.25, -0.2) is 0 Å². The third-order valence-corrected chi connectivity index (χ3v) is 1.72. The molecule has 1 unspecified atom stereocenters. The third kappa shape index (κ3) is 1.75. The Morgan fingerprint density at radius 1 is 1.50 bits per heavy atom. The van der Waals surface area contributed by atoms with E-state index >= 15 is 0 Å². The van der Waals surface area contributed by atoms with Crippen LogP contribution in [-0.4, -0.2) is 18.8 Å². The highest BCUT2D eigenvalue weighted by Gasteiger charge is 2.09. The Balaban J connectivity index is 2.96. The quantitative estimate of drug-likeness (QED) is 0.696. The van der Waals surface area contributed by atoms with Gasteiger partial charge in [-0.2, -0.15) is 0 Å². The highest BCUT2D eigenvalue weighted by Crippen LogP contribution is 2.23. The highest BCUT2D eigenvalue weighted by atomic mass is 16.5. The van der Waals surface area contributed by atoms with Gasteiger partial charge in [-0.3, -0.25) is 0 Å². The number of methoxy groups -OCH3 is 1. The second-order valence-electron chi connectivity index (χ2n) is 2.49. The molecule has 0 bridgehead atoms. The normalized spacial score (nSPS) is 12.6. The van der Waals surface area contributed by atoms with Gasteiger partial charge in [-0.15, -0.1) is 0 Å². The van der Waals surface area contributed by atoms with Crippen LogP contribution in [0.25, 0.3) is 0 Å². The molecule has 1 aromatic carbocycles. The standard InChI is InChI=1S/C9H13NO2/c1-12-9-5-3-2-4-7(9)8(11)6-10/h2-5,8,11H,6,10H2,1H3.